The minimum atomic E-state index is -0.0515. The van der Waals surface area contributed by atoms with E-state index in [1.165, 1.54) is 55.3 Å². The summed E-state index contributed by atoms with van der Waals surface area (Å²) < 4.78 is 14.8. The van der Waals surface area contributed by atoms with Crippen molar-refractivity contribution in [3.63, 3.8) is 0 Å². The average Bonchev–Trinajstić information content (AvgIpc) is 3.75. The normalized spacial score (nSPS) is 15.1. The molecular weight excluding hydrogens is 696 g/mol. The summed E-state index contributed by atoms with van der Waals surface area (Å²) in [6.07, 6.45) is 0. The Morgan fingerprint density at radius 3 is 1.89 bits per heavy atom. The SMILES string of the molecule is CC1(C)c2cc(Br)ccc2-c2c1cc(Br)c1c2oc2ccccc21.CC1(C)c2ccccc2-c2c1ccc1c2oc2ccccc21. The van der Waals surface area contributed by atoms with Crippen molar-refractivity contribution >= 4 is 75.7 Å². The van der Waals surface area contributed by atoms with Gasteiger partial charge < -0.3 is 8.83 Å². The summed E-state index contributed by atoms with van der Waals surface area (Å²) in [7, 11) is 0. The Bertz CT molecular complexity index is 2560. The first kappa shape index (κ1) is 28.1. The first-order valence-corrected chi connectivity index (χ1v) is 17.2. The highest BCUT2D eigenvalue weighted by Gasteiger charge is 2.39. The predicted molar refractivity (Wildman–Crippen MR) is 198 cm³/mol. The number of fused-ring (bicyclic) bond motifs is 14. The van der Waals surface area contributed by atoms with Crippen LogP contribution in [0.15, 0.2) is 127 Å². The Kier molecular flexibility index (Phi) is 5.93. The lowest BCUT2D eigenvalue weighted by Gasteiger charge is -2.21. The van der Waals surface area contributed by atoms with Crippen LogP contribution in [0.1, 0.15) is 49.9 Å². The van der Waals surface area contributed by atoms with E-state index in [1.54, 1.807) is 0 Å². The van der Waals surface area contributed by atoms with Crippen LogP contribution in [-0.2, 0) is 10.8 Å². The van der Waals surface area contributed by atoms with Crippen LogP contribution in [0.2, 0.25) is 0 Å². The second kappa shape index (κ2) is 9.70. The fourth-order valence-electron chi connectivity index (χ4n) is 7.98. The van der Waals surface area contributed by atoms with E-state index < -0.39 is 0 Å². The highest BCUT2D eigenvalue weighted by atomic mass is 79.9. The molecule has 0 N–H and O–H groups in total. The molecule has 0 radical (unpaired) electrons. The molecule has 10 rings (SSSR count). The molecule has 0 unspecified atom stereocenters. The lowest BCUT2D eigenvalue weighted by molar-refractivity contribution is 0.652. The van der Waals surface area contributed by atoms with E-state index in [0.717, 1.165) is 42.0 Å². The maximum atomic E-state index is 6.31. The standard InChI is InChI=1S/C21H14Br2O.C21H16O/c1-21(2)14-9-11(22)7-8-12(14)18-15(21)10-16(23)19-13-5-3-4-6-17(13)24-20(18)19;1-21(2)16-9-5-3-8-15(16)19-17(21)12-11-14-13-7-4-6-10-18(13)22-20(14)19/h3-10H,1-2H3;3-12H,1-2H3. The maximum absolute atomic E-state index is 6.31. The molecule has 2 aromatic heterocycles. The molecule has 0 atom stereocenters. The van der Waals surface area contributed by atoms with Crippen LogP contribution in [0.5, 0.6) is 0 Å². The van der Waals surface area contributed by atoms with Gasteiger partial charge in [0.05, 0.1) is 0 Å². The molecule has 0 saturated carbocycles. The van der Waals surface area contributed by atoms with Crippen molar-refractivity contribution in [1.82, 2.24) is 0 Å². The molecule has 0 spiro atoms. The van der Waals surface area contributed by atoms with Gasteiger partial charge in [0.15, 0.2) is 0 Å². The van der Waals surface area contributed by atoms with Gasteiger partial charge in [-0.05, 0) is 63.7 Å². The van der Waals surface area contributed by atoms with Crippen LogP contribution in [0.3, 0.4) is 0 Å². The molecule has 2 aliphatic carbocycles. The van der Waals surface area contributed by atoms with Crippen molar-refractivity contribution in [3.8, 4) is 22.3 Å². The number of hydrogen-bond acceptors (Lipinski definition) is 2. The second-order valence-electron chi connectivity index (χ2n) is 13.5. The number of hydrogen-bond donors (Lipinski definition) is 0. The number of benzene rings is 6. The quantitative estimate of drug-likeness (QED) is 0.156. The zero-order valence-corrected chi connectivity index (χ0v) is 29.1. The molecule has 0 amide bonds. The van der Waals surface area contributed by atoms with Gasteiger partial charge in [-0.15, -0.1) is 0 Å². The van der Waals surface area contributed by atoms with Crippen LogP contribution < -0.4 is 0 Å². The second-order valence-corrected chi connectivity index (χ2v) is 15.3. The topological polar surface area (TPSA) is 26.3 Å². The molecule has 2 nitrogen and oxygen atoms in total. The molecule has 46 heavy (non-hydrogen) atoms. The monoisotopic (exact) mass is 724 g/mol. The Morgan fingerprint density at radius 2 is 1.09 bits per heavy atom. The molecular formula is C42H30Br2O2. The third kappa shape index (κ3) is 3.74. The van der Waals surface area contributed by atoms with Crippen LogP contribution in [0.4, 0.5) is 0 Å². The van der Waals surface area contributed by atoms with Crippen molar-refractivity contribution in [3.05, 3.63) is 140 Å². The Hall–Kier alpha value is -4.12. The van der Waals surface area contributed by atoms with Gasteiger partial charge in [-0.25, -0.2) is 0 Å². The van der Waals surface area contributed by atoms with Crippen molar-refractivity contribution < 1.29 is 8.83 Å². The molecule has 0 saturated heterocycles. The predicted octanol–water partition coefficient (Wildman–Crippen LogP) is 13.3. The maximum Gasteiger partial charge on any atom is 0.144 e. The van der Waals surface area contributed by atoms with Crippen molar-refractivity contribution in [1.29, 1.82) is 0 Å². The Balaban J connectivity index is 0.000000127. The van der Waals surface area contributed by atoms with E-state index >= 15 is 0 Å². The van der Waals surface area contributed by atoms with E-state index in [1.807, 2.05) is 24.3 Å². The zero-order valence-electron chi connectivity index (χ0n) is 26.0. The van der Waals surface area contributed by atoms with Crippen molar-refractivity contribution in [2.45, 2.75) is 38.5 Å². The van der Waals surface area contributed by atoms with Gasteiger partial charge in [0.1, 0.15) is 22.3 Å². The van der Waals surface area contributed by atoms with Crippen LogP contribution in [-0.4, -0.2) is 0 Å². The van der Waals surface area contributed by atoms with Crippen molar-refractivity contribution in [2.75, 3.05) is 0 Å². The summed E-state index contributed by atoms with van der Waals surface area (Å²) in [5.41, 5.74) is 14.4. The third-order valence-electron chi connectivity index (χ3n) is 10.3. The highest BCUT2D eigenvalue weighted by molar-refractivity contribution is 9.11. The lowest BCUT2D eigenvalue weighted by Crippen LogP contribution is -2.15. The summed E-state index contributed by atoms with van der Waals surface area (Å²) in [6, 6.07) is 38.6. The van der Waals surface area contributed by atoms with Crippen LogP contribution in [0, 0.1) is 0 Å². The first-order chi connectivity index (χ1) is 22.2. The fraction of sp³-hybridized carbons (Fsp3) is 0.143. The van der Waals surface area contributed by atoms with E-state index in [0.29, 0.717) is 0 Å². The van der Waals surface area contributed by atoms with E-state index in [9.17, 15) is 0 Å². The van der Waals surface area contributed by atoms with Crippen molar-refractivity contribution in [2.24, 2.45) is 0 Å². The summed E-state index contributed by atoms with van der Waals surface area (Å²) in [5.74, 6) is 0. The number of para-hydroxylation sites is 2. The largest absolute Gasteiger partial charge is 0.455 e. The number of furan rings is 2. The smallest absolute Gasteiger partial charge is 0.144 e. The van der Waals surface area contributed by atoms with Gasteiger partial charge in [0.2, 0.25) is 0 Å². The molecule has 0 fully saturated rings. The van der Waals surface area contributed by atoms with Crippen LogP contribution in [0.25, 0.3) is 66.1 Å². The molecule has 4 heteroatoms. The van der Waals surface area contributed by atoms with Crippen LogP contribution >= 0.6 is 31.9 Å². The third-order valence-corrected chi connectivity index (χ3v) is 11.4. The summed E-state index contributed by atoms with van der Waals surface area (Å²) >= 11 is 7.41. The fourth-order valence-corrected chi connectivity index (χ4v) is 8.96. The summed E-state index contributed by atoms with van der Waals surface area (Å²) in [4.78, 5) is 0. The molecule has 0 bridgehead atoms. The van der Waals surface area contributed by atoms with Gasteiger partial charge in [0.25, 0.3) is 0 Å². The Labute approximate surface area is 284 Å². The van der Waals surface area contributed by atoms with Gasteiger partial charge in [-0.3, -0.25) is 0 Å². The van der Waals surface area contributed by atoms with E-state index in [-0.39, 0.29) is 10.8 Å². The summed E-state index contributed by atoms with van der Waals surface area (Å²) in [5, 5.41) is 4.73. The van der Waals surface area contributed by atoms with Gasteiger partial charge >= 0.3 is 0 Å². The van der Waals surface area contributed by atoms with Gasteiger partial charge in [0, 0.05) is 52.4 Å². The average molecular weight is 727 g/mol. The first-order valence-electron chi connectivity index (χ1n) is 15.7. The molecule has 2 heterocycles. The molecule has 2 aliphatic rings. The van der Waals surface area contributed by atoms with Gasteiger partial charge in [-0.2, -0.15) is 0 Å². The molecule has 8 aromatic rings. The number of rotatable bonds is 0. The number of halogens is 2. The molecule has 0 aliphatic heterocycles. The van der Waals surface area contributed by atoms with Gasteiger partial charge in [-0.1, -0.05) is 138 Å². The zero-order chi connectivity index (χ0) is 31.5. The minimum absolute atomic E-state index is 0.0269. The summed E-state index contributed by atoms with van der Waals surface area (Å²) in [6.45, 7) is 9.16. The minimum Gasteiger partial charge on any atom is -0.455 e. The lowest BCUT2D eigenvalue weighted by atomic mass is 9.82. The van der Waals surface area contributed by atoms with E-state index in [4.69, 9.17) is 8.83 Å². The Morgan fingerprint density at radius 1 is 0.478 bits per heavy atom. The molecule has 6 aromatic carbocycles. The molecule has 224 valence electrons. The highest BCUT2D eigenvalue weighted by Crippen LogP contribution is 2.55. The van der Waals surface area contributed by atoms with E-state index in [2.05, 4.69) is 144 Å².